The fraction of sp³-hybridized carbons (Fsp3) is 0.600. The van der Waals surface area contributed by atoms with E-state index in [1.54, 1.807) is 6.07 Å². The number of halogens is 3. The number of likely N-dealkylation sites (tertiary alicyclic amines) is 1. The van der Waals surface area contributed by atoms with Gasteiger partial charge in [0.2, 0.25) is 0 Å². The van der Waals surface area contributed by atoms with E-state index in [0.717, 1.165) is 31.5 Å². The lowest BCUT2D eigenvalue weighted by molar-refractivity contribution is -0.274. The zero-order valence-corrected chi connectivity index (χ0v) is 12.1. The summed E-state index contributed by atoms with van der Waals surface area (Å²) in [4.78, 5) is 2.33. The first-order valence-corrected chi connectivity index (χ1v) is 7.21. The van der Waals surface area contributed by atoms with Crippen LogP contribution in [0.25, 0.3) is 0 Å². The van der Waals surface area contributed by atoms with Crippen molar-refractivity contribution in [2.45, 2.75) is 38.2 Å². The van der Waals surface area contributed by atoms with Gasteiger partial charge in [0, 0.05) is 19.1 Å². The van der Waals surface area contributed by atoms with Crippen LogP contribution in [0.2, 0.25) is 0 Å². The Labute approximate surface area is 123 Å². The van der Waals surface area contributed by atoms with Gasteiger partial charge in [-0.15, -0.1) is 13.2 Å². The molecule has 0 spiro atoms. The minimum Gasteiger partial charge on any atom is -0.406 e. The number of hydrogen-bond donors (Lipinski definition) is 1. The minimum absolute atomic E-state index is 0.151. The Hall–Kier alpha value is -1.27. The molecule has 1 saturated heterocycles. The molecule has 1 aliphatic heterocycles. The van der Waals surface area contributed by atoms with E-state index in [1.807, 2.05) is 13.1 Å². The van der Waals surface area contributed by atoms with Crippen molar-refractivity contribution in [1.82, 2.24) is 10.2 Å². The van der Waals surface area contributed by atoms with Crippen molar-refractivity contribution in [3.8, 4) is 5.75 Å². The van der Waals surface area contributed by atoms with Crippen LogP contribution in [0.1, 0.15) is 24.8 Å². The number of alkyl halides is 3. The van der Waals surface area contributed by atoms with Gasteiger partial charge < -0.3 is 10.1 Å². The van der Waals surface area contributed by atoms with Crippen LogP contribution in [-0.2, 0) is 6.54 Å². The first-order chi connectivity index (χ1) is 9.98. The summed E-state index contributed by atoms with van der Waals surface area (Å²) < 4.78 is 40.7. The number of likely N-dealkylation sites (N-methyl/N-ethyl adjacent to an activating group) is 1. The van der Waals surface area contributed by atoms with Gasteiger partial charge in [0.05, 0.1) is 0 Å². The third kappa shape index (κ3) is 5.21. The standard InChI is InChI=1S/C15H21F3N2O/c1-19-10-13-6-2-3-8-20(13)11-12-5-4-7-14(9-12)21-15(16,17)18/h4-5,7,9,13,19H,2-3,6,8,10-11H2,1H3. The molecule has 21 heavy (non-hydrogen) atoms. The zero-order valence-electron chi connectivity index (χ0n) is 12.1. The second kappa shape index (κ2) is 7.13. The Kier molecular flexibility index (Phi) is 5.47. The van der Waals surface area contributed by atoms with E-state index in [-0.39, 0.29) is 5.75 Å². The molecule has 1 atom stereocenters. The molecule has 1 heterocycles. The number of rotatable bonds is 5. The fourth-order valence-corrected chi connectivity index (χ4v) is 2.81. The maximum absolute atomic E-state index is 12.3. The molecule has 0 aliphatic carbocycles. The lowest BCUT2D eigenvalue weighted by atomic mass is 10.0. The summed E-state index contributed by atoms with van der Waals surface area (Å²) in [5.74, 6) is -0.151. The maximum Gasteiger partial charge on any atom is 0.573 e. The molecule has 1 aliphatic rings. The normalized spacial score (nSPS) is 20.5. The second-order valence-corrected chi connectivity index (χ2v) is 5.37. The van der Waals surface area contributed by atoms with Crippen LogP contribution in [0.3, 0.4) is 0 Å². The highest BCUT2D eigenvalue weighted by Gasteiger charge is 2.31. The Morgan fingerprint density at radius 2 is 2.14 bits per heavy atom. The van der Waals surface area contributed by atoms with Crippen molar-refractivity contribution < 1.29 is 17.9 Å². The highest BCUT2D eigenvalue weighted by atomic mass is 19.4. The minimum atomic E-state index is -4.64. The Balaban J connectivity index is 2.02. The maximum atomic E-state index is 12.3. The third-order valence-electron chi connectivity index (χ3n) is 3.71. The van der Waals surface area contributed by atoms with Crippen LogP contribution < -0.4 is 10.1 Å². The summed E-state index contributed by atoms with van der Waals surface area (Å²) in [7, 11) is 1.92. The molecular formula is C15H21F3N2O. The van der Waals surface area contributed by atoms with Gasteiger partial charge in [0.15, 0.2) is 0 Å². The number of hydrogen-bond acceptors (Lipinski definition) is 3. The molecular weight excluding hydrogens is 281 g/mol. The van der Waals surface area contributed by atoms with Crippen LogP contribution in [0.15, 0.2) is 24.3 Å². The first-order valence-electron chi connectivity index (χ1n) is 7.21. The monoisotopic (exact) mass is 302 g/mol. The van der Waals surface area contributed by atoms with E-state index in [4.69, 9.17) is 0 Å². The first kappa shape index (κ1) is 16.1. The molecule has 1 fully saturated rings. The van der Waals surface area contributed by atoms with Crippen molar-refractivity contribution >= 4 is 0 Å². The molecule has 6 heteroatoms. The smallest absolute Gasteiger partial charge is 0.406 e. The predicted molar refractivity (Wildman–Crippen MR) is 75.1 cm³/mol. The topological polar surface area (TPSA) is 24.5 Å². The summed E-state index contributed by atoms with van der Waals surface area (Å²) in [6.45, 7) is 2.54. The fourth-order valence-electron chi connectivity index (χ4n) is 2.81. The van der Waals surface area contributed by atoms with Crippen LogP contribution in [0.4, 0.5) is 13.2 Å². The molecule has 1 aromatic carbocycles. The zero-order chi connectivity index (χ0) is 15.3. The summed E-state index contributed by atoms with van der Waals surface area (Å²) in [5.41, 5.74) is 0.847. The van der Waals surface area contributed by atoms with Crippen LogP contribution in [0, 0.1) is 0 Å². The van der Waals surface area contributed by atoms with Crippen molar-refractivity contribution in [2.24, 2.45) is 0 Å². The van der Waals surface area contributed by atoms with Gasteiger partial charge in [-0.3, -0.25) is 4.90 Å². The average Bonchev–Trinajstić information content (AvgIpc) is 2.40. The number of nitrogens with zero attached hydrogens (tertiary/aromatic N) is 1. The summed E-state index contributed by atoms with van der Waals surface area (Å²) >= 11 is 0. The van der Waals surface area contributed by atoms with Gasteiger partial charge in [0.1, 0.15) is 5.75 Å². The van der Waals surface area contributed by atoms with E-state index >= 15 is 0 Å². The van der Waals surface area contributed by atoms with E-state index in [2.05, 4.69) is 15.0 Å². The van der Waals surface area contributed by atoms with Gasteiger partial charge in [-0.05, 0) is 44.1 Å². The predicted octanol–water partition coefficient (Wildman–Crippen LogP) is 3.16. The SMILES string of the molecule is CNCC1CCCCN1Cc1cccc(OC(F)(F)F)c1. The molecule has 1 unspecified atom stereocenters. The van der Waals surface area contributed by atoms with E-state index in [0.29, 0.717) is 12.6 Å². The summed E-state index contributed by atoms with van der Waals surface area (Å²) in [5, 5.41) is 3.18. The number of ether oxygens (including phenoxy) is 1. The summed E-state index contributed by atoms with van der Waals surface area (Å²) in [6.07, 6.45) is -1.17. The molecule has 0 aromatic heterocycles. The van der Waals surface area contributed by atoms with Gasteiger partial charge >= 0.3 is 6.36 Å². The van der Waals surface area contributed by atoms with Gasteiger partial charge in [-0.1, -0.05) is 18.6 Å². The van der Waals surface area contributed by atoms with Crippen LogP contribution in [-0.4, -0.2) is 37.4 Å². The lowest BCUT2D eigenvalue weighted by Gasteiger charge is -2.35. The second-order valence-electron chi connectivity index (χ2n) is 5.37. The highest BCUT2D eigenvalue weighted by Crippen LogP contribution is 2.25. The molecule has 2 rings (SSSR count). The van der Waals surface area contributed by atoms with Crippen molar-refractivity contribution in [3.05, 3.63) is 29.8 Å². The van der Waals surface area contributed by atoms with Crippen molar-refractivity contribution in [3.63, 3.8) is 0 Å². The molecule has 0 bridgehead atoms. The number of nitrogens with one attached hydrogen (secondary N) is 1. The summed E-state index contributed by atoms with van der Waals surface area (Å²) in [6, 6.07) is 6.69. The molecule has 0 saturated carbocycles. The molecule has 3 nitrogen and oxygen atoms in total. The largest absolute Gasteiger partial charge is 0.573 e. The van der Waals surface area contributed by atoms with Gasteiger partial charge in [-0.2, -0.15) is 0 Å². The van der Waals surface area contributed by atoms with Gasteiger partial charge in [-0.25, -0.2) is 0 Å². The lowest BCUT2D eigenvalue weighted by Crippen LogP contribution is -2.44. The van der Waals surface area contributed by atoms with Crippen molar-refractivity contribution in [2.75, 3.05) is 20.1 Å². The molecule has 1 aromatic rings. The molecule has 0 radical (unpaired) electrons. The quantitative estimate of drug-likeness (QED) is 0.904. The van der Waals surface area contributed by atoms with E-state index in [1.165, 1.54) is 18.6 Å². The van der Waals surface area contributed by atoms with E-state index < -0.39 is 6.36 Å². The highest BCUT2D eigenvalue weighted by molar-refractivity contribution is 5.28. The average molecular weight is 302 g/mol. The molecule has 0 amide bonds. The Morgan fingerprint density at radius 3 is 2.86 bits per heavy atom. The van der Waals surface area contributed by atoms with Crippen LogP contribution >= 0.6 is 0 Å². The van der Waals surface area contributed by atoms with Crippen molar-refractivity contribution in [1.29, 1.82) is 0 Å². The van der Waals surface area contributed by atoms with E-state index in [9.17, 15) is 13.2 Å². The third-order valence-corrected chi connectivity index (χ3v) is 3.71. The molecule has 1 N–H and O–H groups in total. The Bertz CT molecular complexity index is 449. The Morgan fingerprint density at radius 1 is 1.33 bits per heavy atom. The van der Waals surface area contributed by atoms with Crippen LogP contribution in [0.5, 0.6) is 5.75 Å². The number of benzene rings is 1. The molecule has 118 valence electrons. The van der Waals surface area contributed by atoms with Gasteiger partial charge in [0.25, 0.3) is 0 Å². The number of piperidine rings is 1.